The average molecular weight is 167 g/mol. The predicted molar refractivity (Wildman–Crippen MR) is 49.1 cm³/mol. The summed E-state index contributed by atoms with van der Waals surface area (Å²) in [5, 5.41) is 5.74. The van der Waals surface area contributed by atoms with Crippen molar-refractivity contribution >= 4 is 11.3 Å². The SMILES string of the molecule is Cc1csc2c1CNC(C)C2. The van der Waals surface area contributed by atoms with Crippen LogP contribution in [-0.2, 0) is 13.0 Å². The van der Waals surface area contributed by atoms with E-state index in [-0.39, 0.29) is 0 Å². The van der Waals surface area contributed by atoms with Gasteiger partial charge in [-0.3, -0.25) is 0 Å². The summed E-state index contributed by atoms with van der Waals surface area (Å²) < 4.78 is 0. The Kier molecular flexibility index (Phi) is 1.74. The van der Waals surface area contributed by atoms with Gasteiger partial charge in [-0.25, -0.2) is 0 Å². The van der Waals surface area contributed by atoms with E-state index in [1.807, 2.05) is 11.3 Å². The van der Waals surface area contributed by atoms with E-state index < -0.39 is 0 Å². The molecule has 1 aromatic heterocycles. The topological polar surface area (TPSA) is 12.0 Å². The van der Waals surface area contributed by atoms with Crippen molar-refractivity contribution in [3.8, 4) is 0 Å². The van der Waals surface area contributed by atoms with Gasteiger partial charge < -0.3 is 5.32 Å². The van der Waals surface area contributed by atoms with Crippen molar-refractivity contribution < 1.29 is 0 Å². The highest BCUT2D eigenvalue weighted by Crippen LogP contribution is 2.26. The van der Waals surface area contributed by atoms with Crippen molar-refractivity contribution in [2.24, 2.45) is 0 Å². The molecule has 0 saturated carbocycles. The maximum absolute atomic E-state index is 3.47. The third-order valence-corrected chi connectivity index (χ3v) is 3.48. The van der Waals surface area contributed by atoms with Crippen molar-refractivity contribution in [1.29, 1.82) is 0 Å². The van der Waals surface area contributed by atoms with Gasteiger partial charge in [-0.2, -0.15) is 0 Å². The van der Waals surface area contributed by atoms with Crippen LogP contribution in [-0.4, -0.2) is 6.04 Å². The van der Waals surface area contributed by atoms with Crippen LogP contribution in [0.2, 0.25) is 0 Å². The number of fused-ring (bicyclic) bond motifs is 1. The first-order chi connectivity index (χ1) is 5.27. The van der Waals surface area contributed by atoms with Gasteiger partial charge in [-0.15, -0.1) is 11.3 Å². The van der Waals surface area contributed by atoms with Gasteiger partial charge in [-0.1, -0.05) is 0 Å². The molecule has 0 fully saturated rings. The highest BCUT2D eigenvalue weighted by atomic mass is 32.1. The molecule has 0 aliphatic carbocycles. The van der Waals surface area contributed by atoms with Crippen molar-refractivity contribution in [3.63, 3.8) is 0 Å². The first kappa shape index (κ1) is 7.32. The molecule has 1 N–H and O–H groups in total. The average Bonchev–Trinajstić information content (AvgIpc) is 2.32. The van der Waals surface area contributed by atoms with Crippen LogP contribution < -0.4 is 5.32 Å². The van der Waals surface area contributed by atoms with E-state index in [0.29, 0.717) is 6.04 Å². The molecule has 1 atom stereocenters. The Morgan fingerprint density at radius 3 is 3.27 bits per heavy atom. The highest BCUT2D eigenvalue weighted by molar-refractivity contribution is 7.10. The fraction of sp³-hybridized carbons (Fsp3) is 0.556. The number of hydrogen-bond acceptors (Lipinski definition) is 2. The van der Waals surface area contributed by atoms with Crippen LogP contribution in [0.15, 0.2) is 5.38 Å². The summed E-state index contributed by atoms with van der Waals surface area (Å²) in [6.07, 6.45) is 1.22. The Bertz CT molecular complexity index is 265. The lowest BCUT2D eigenvalue weighted by Gasteiger charge is -2.20. The Labute approximate surface area is 71.4 Å². The standard InChI is InChI=1S/C9H13NS/c1-6-5-11-9-3-7(2)10-4-8(6)9/h5,7,10H,3-4H2,1-2H3. The maximum Gasteiger partial charge on any atom is 0.0221 e. The van der Waals surface area contributed by atoms with Crippen molar-refractivity contribution in [2.45, 2.75) is 32.9 Å². The number of hydrogen-bond donors (Lipinski definition) is 1. The van der Waals surface area contributed by atoms with Crippen molar-refractivity contribution in [2.75, 3.05) is 0 Å². The number of rotatable bonds is 0. The van der Waals surface area contributed by atoms with Gasteiger partial charge in [0, 0.05) is 17.5 Å². The number of aryl methyl sites for hydroxylation is 1. The fourth-order valence-corrected chi connectivity index (χ4v) is 2.74. The Morgan fingerprint density at radius 2 is 2.45 bits per heavy atom. The van der Waals surface area contributed by atoms with Crippen molar-refractivity contribution in [1.82, 2.24) is 5.32 Å². The minimum Gasteiger partial charge on any atom is -0.310 e. The number of thiophene rings is 1. The fourth-order valence-electron chi connectivity index (χ4n) is 1.56. The predicted octanol–water partition coefficient (Wildman–Crippen LogP) is 2.09. The van der Waals surface area contributed by atoms with E-state index in [2.05, 4.69) is 24.5 Å². The van der Waals surface area contributed by atoms with Crippen LogP contribution in [0.4, 0.5) is 0 Å². The lowest BCUT2D eigenvalue weighted by Crippen LogP contribution is -2.32. The van der Waals surface area contributed by atoms with E-state index in [1.165, 1.54) is 12.0 Å². The lowest BCUT2D eigenvalue weighted by atomic mass is 10.0. The van der Waals surface area contributed by atoms with Crippen LogP contribution in [0.25, 0.3) is 0 Å². The Hall–Kier alpha value is -0.340. The van der Waals surface area contributed by atoms with Gasteiger partial charge in [0.2, 0.25) is 0 Å². The van der Waals surface area contributed by atoms with Crippen LogP contribution in [0, 0.1) is 6.92 Å². The van der Waals surface area contributed by atoms with Gasteiger partial charge >= 0.3 is 0 Å². The first-order valence-corrected chi connectivity index (χ1v) is 4.94. The molecule has 0 bridgehead atoms. The number of nitrogens with one attached hydrogen (secondary N) is 1. The molecule has 60 valence electrons. The summed E-state index contributed by atoms with van der Waals surface area (Å²) in [5.74, 6) is 0. The van der Waals surface area contributed by atoms with Gasteiger partial charge in [0.15, 0.2) is 0 Å². The highest BCUT2D eigenvalue weighted by Gasteiger charge is 2.16. The molecule has 1 aromatic rings. The lowest BCUT2D eigenvalue weighted by molar-refractivity contribution is 0.518. The molecule has 0 radical (unpaired) electrons. The van der Waals surface area contributed by atoms with Crippen LogP contribution in [0.1, 0.15) is 22.9 Å². The minimum atomic E-state index is 0.667. The zero-order chi connectivity index (χ0) is 7.84. The molecule has 2 heteroatoms. The monoisotopic (exact) mass is 167 g/mol. The van der Waals surface area contributed by atoms with E-state index in [0.717, 1.165) is 6.54 Å². The third kappa shape index (κ3) is 1.21. The molecule has 1 nitrogen and oxygen atoms in total. The van der Waals surface area contributed by atoms with Crippen LogP contribution >= 0.6 is 11.3 Å². The summed E-state index contributed by atoms with van der Waals surface area (Å²) in [6, 6.07) is 0.667. The molecule has 2 rings (SSSR count). The molecule has 2 heterocycles. The van der Waals surface area contributed by atoms with E-state index in [1.54, 1.807) is 10.4 Å². The van der Waals surface area contributed by atoms with E-state index in [9.17, 15) is 0 Å². The smallest absolute Gasteiger partial charge is 0.0221 e. The van der Waals surface area contributed by atoms with Gasteiger partial charge in [0.05, 0.1) is 0 Å². The summed E-state index contributed by atoms with van der Waals surface area (Å²) >= 11 is 1.92. The molecule has 11 heavy (non-hydrogen) atoms. The largest absolute Gasteiger partial charge is 0.310 e. The van der Waals surface area contributed by atoms with E-state index >= 15 is 0 Å². The third-order valence-electron chi connectivity index (χ3n) is 2.31. The quantitative estimate of drug-likeness (QED) is 0.624. The molecular formula is C9H13NS. The Balaban J connectivity index is 2.36. The summed E-state index contributed by atoms with van der Waals surface area (Å²) in [6.45, 7) is 5.52. The maximum atomic E-state index is 3.47. The molecule has 0 saturated heterocycles. The van der Waals surface area contributed by atoms with Crippen LogP contribution in [0.5, 0.6) is 0 Å². The molecule has 0 amide bonds. The zero-order valence-electron chi connectivity index (χ0n) is 6.98. The summed E-state index contributed by atoms with van der Waals surface area (Å²) in [4.78, 5) is 1.59. The van der Waals surface area contributed by atoms with Crippen LogP contribution in [0.3, 0.4) is 0 Å². The zero-order valence-corrected chi connectivity index (χ0v) is 7.79. The summed E-state index contributed by atoms with van der Waals surface area (Å²) in [7, 11) is 0. The van der Waals surface area contributed by atoms with Gasteiger partial charge in [0.25, 0.3) is 0 Å². The second-order valence-electron chi connectivity index (χ2n) is 3.31. The molecule has 0 aromatic carbocycles. The first-order valence-electron chi connectivity index (χ1n) is 4.06. The second kappa shape index (κ2) is 2.61. The molecular weight excluding hydrogens is 154 g/mol. The summed E-state index contributed by atoms with van der Waals surface area (Å²) in [5.41, 5.74) is 3.01. The van der Waals surface area contributed by atoms with E-state index in [4.69, 9.17) is 0 Å². The molecule has 1 aliphatic heterocycles. The molecule has 0 spiro atoms. The molecule has 1 unspecified atom stereocenters. The minimum absolute atomic E-state index is 0.667. The normalized spacial score (nSPS) is 23.3. The molecule has 1 aliphatic rings. The van der Waals surface area contributed by atoms with Crippen molar-refractivity contribution in [3.05, 3.63) is 21.4 Å². The van der Waals surface area contributed by atoms with Gasteiger partial charge in [-0.05, 0) is 36.8 Å². The Morgan fingerprint density at radius 1 is 1.64 bits per heavy atom. The second-order valence-corrected chi connectivity index (χ2v) is 4.27. The van der Waals surface area contributed by atoms with Gasteiger partial charge in [0.1, 0.15) is 0 Å².